The van der Waals surface area contributed by atoms with E-state index in [1.807, 2.05) is 30.3 Å². The zero-order valence-electron chi connectivity index (χ0n) is 15.3. The van der Waals surface area contributed by atoms with Crippen molar-refractivity contribution in [3.63, 3.8) is 0 Å². The normalized spacial score (nSPS) is 12.1. The van der Waals surface area contributed by atoms with Crippen LogP contribution in [-0.4, -0.2) is 11.1 Å². The van der Waals surface area contributed by atoms with Crippen molar-refractivity contribution in [2.24, 2.45) is 0 Å². The zero-order chi connectivity index (χ0) is 18.1. The highest BCUT2D eigenvalue weighted by Crippen LogP contribution is 2.40. The number of para-hydroxylation sites is 1. The van der Waals surface area contributed by atoms with Crippen LogP contribution < -0.4 is 4.74 Å². The summed E-state index contributed by atoms with van der Waals surface area (Å²) in [4.78, 5) is 11.9. The second kappa shape index (κ2) is 6.31. The Morgan fingerprint density at radius 3 is 1.96 bits per heavy atom. The average molecular weight is 326 g/mol. The van der Waals surface area contributed by atoms with Crippen LogP contribution in [0.25, 0.3) is 0 Å². The number of carboxylic acid groups (broad SMARTS) is 1. The first-order valence-corrected chi connectivity index (χ1v) is 8.15. The molecular formula is C21H26O3. The molecule has 3 heteroatoms. The summed E-state index contributed by atoms with van der Waals surface area (Å²) in [6.45, 7) is 12.4. The van der Waals surface area contributed by atoms with E-state index < -0.39 is 5.97 Å². The van der Waals surface area contributed by atoms with Gasteiger partial charge in [-0.25, -0.2) is 4.79 Å². The minimum atomic E-state index is -0.975. The van der Waals surface area contributed by atoms with Crippen molar-refractivity contribution in [3.05, 3.63) is 59.2 Å². The van der Waals surface area contributed by atoms with Crippen LogP contribution in [0, 0.1) is 0 Å². The maximum Gasteiger partial charge on any atom is 0.339 e. The summed E-state index contributed by atoms with van der Waals surface area (Å²) in [5.41, 5.74) is 1.71. The highest BCUT2D eigenvalue weighted by Gasteiger charge is 2.28. The Balaban J connectivity index is 2.72. The lowest BCUT2D eigenvalue weighted by atomic mass is 9.79. The van der Waals surface area contributed by atoms with Gasteiger partial charge in [0.2, 0.25) is 0 Å². The van der Waals surface area contributed by atoms with Gasteiger partial charge in [0.25, 0.3) is 0 Å². The van der Waals surface area contributed by atoms with Crippen molar-refractivity contribution in [2.75, 3.05) is 0 Å². The molecule has 0 saturated carbocycles. The Hall–Kier alpha value is -2.29. The standard InChI is InChI=1S/C21H26O3/c1-20(2,3)14-12-16(19(22)23)18(17(13-14)21(4,5)6)24-15-10-8-7-9-11-15/h7-13H,1-6H3,(H,22,23). The first-order valence-electron chi connectivity index (χ1n) is 8.15. The molecule has 2 aromatic rings. The van der Waals surface area contributed by atoms with Gasteiger partial charge < -0.3 is 9.84 Å². The topological polar surface area (TPSA) is 46.5 Å². The molecule has 0 aliphatic heterocycles. The fraction of sp³-hybridized carbons (Fsp3) is 0.381. The molecule has 0 fully saturated rings. The second-order valence-corrected chi connectivity index (χ2v) is 8.12. The molecule has 0 saturated heterocycles. The number of benzene rings is 2. The first-order chi connectivity index (χ1) is 11.0. The molecule has 0 amide bonds. The molecule has 2 aromatic carbocycles. The fourth-order valence-corrected chi connectivity index (χ4v) is 2.49. The number of ether oxygens (including phenoxy) is 1. The second-order valence-electron chi connectivity index (χ2n) is 8.12. The van der Waals surface area contributed by atoms with E-state index in [-0.39, 0.29) is 16.4 Å². The smallest absolute Gasteiger partial charge is 0.339 e. The van der Waals surface area contributed by atoms with E-state index in [0.717, 1.165) is 11.1 Å². The monoisotopic (exact) mass is 326 g/mol. The van der Waals surface area contributed by atoms with Crippen molar-refractivity contribution < 1.29 is 14.6 Å². The van der Waals surface area contributed by atoms with Gasteiger partial charge in [-0.3, -0.25) is 0 Å². The maximum atomic E-state index is 11.9. The molecule has 128 valence electrons. The van der Waals surface area contributed by atoms with Crippen LogP contribution in [0.4, 0.5) is 0 Å². The Morgan fingerprint density at radius 1 is 0.917 bits per heavy atom. The molecule has 0 heterocycles. The predicted molar refractivity (Wildman–Crippen MR) is 97.3 cm³/mol. The van der Waals surface area contributed by atoms with E-state index >= 15 is 0 Å². The number of hydrogen-bond donors (Lipinski definition) is 1. The summed E-state index contributed by atoms with van der Waals surface area (Å²) < 4.78 is 6.02. The largest absolute Gasteiger partial charge is 0.478 e. The summed E-state index contributed by atoms with van der Waals surface area (Å²) in [5, 5.41) is 9.74. The van der Waals surface area contributed by atoms with E-state index in [9.17, 15) is 9.90 Å². The minimum Gasteiger partial charge on any atom is -0.478 e. The first kappa shape index (κ1) is 18.1. The molecule has 0 spiro atoms. The lowest BCUT2D eigenvalue weighted by Gasteiger charge is -2.28. The molecule has 24 heavy (non-hydrogen) atoms. The molecule has 0 atom stereocenters. The summed E-state index contributed by atoms with van der Waals surface area (Å²) in [6, 6.07) is 13.1. The van der Waals surface area contributed by atoms with Crippen LogP contribution in [0.5, 0.6) is 11.5 Å². The number of rotatable bonds is 3. The Labute approximate surface area is 144 Å². The Morgan fingerprint density at radius 2 is 1.50 bits per heavy atom. The van der Waals surface area contributed by atoms with E-state index in [1.54, 1.807) is 6.07 Å². The van der Waals surface area contributed by atoms with Crippen molar-refractivity contribution in [1.29, 1.82) is 0 Å². The Kier molecular flexibility index (Phi) is 4.75. The van der Waals surface area contributed by atoms with Crippen LogP contribution in [-0.2, 0) is 10.8 Å². The van der Waals surface area contributed by atoms with Crippen LogP contribution >= 0.6 is 0 Å². The maximum absolute atomic E-state index is 11.9. The van der Waals surface area contributed by atoms with Crippen molar-refractivity contribution in [3.8, 4) is 11.5 Å². The molecular weight excluding hydrogens is 300 g/mol. The van der Waals surface area contributed by atoms with E-state index in [4.69, 9.17) is 4.74 Å². The molecule has 2 rings (SSSR count). The fourth-order valence-electron chi connectivity index (χ4n) is 2.49. The van der Waals surface area contributed by atoms with Crippen LogP contribution in [0.15, 0.2) is 42.5 Å². The molecule has 0 aliphatic carbocycles. The van der Waals surface area contributed by atoms with Gasteiger partial charge in [-0.2, -0.15) is 0 Å². The summed E-state index contributed by atoms with van der Waals surface area (Å²) in [6.07, 6.45) is 0. The highest BCUT2D eigenvalue weighted by atomic mass is 16.5. The van der Waals surface area contributed by atoms with Gasteiger partial charge in [0, 0.05) is 5.56 Å². The van der Waals surface area contributed by atoms with Crippen LogP contribution in [0.2, 0.25) is 0 Å². The van der Waals surface area contributed by atoms with Gasteiger partial charge in [-0.1, -0.05) is 65.8 Å². The SMILES string of the molecule is CC(C)(C)c1cc(C(=O)O)c(Oc2ccccc2)c(C(C)(C)C)c1. The number of carbonyl (C=O) groups is 1. The van der Waals surface area contributed by atoms with E-state index in [2.05, 4.69) is 47.6 Å². The van der Waals surface area contributed by atoms with Crippen molar-refractivity contribution in [1.82, 2.24) is 0 Å². The van der Waals surface area contributed by atoms with Gasteiger partial charge in [0.1, 0.15) is 17.1 Å². The summed E-state index contributed by atoms with van der Waals surface area (Å²) in [7, 11) is 0. The Bertz CT molecular complexity index is 732. The number of carboxylic acids is 1. The van der Waals surface area contributed by atoms with Crippen molar-refractivity contribution >= 4 is 5.97 Å². The molecule has 0 radical (unpaired) electrons. The summed E-state index contributed by atoms with van der Waals surface area (Å²) >= 11 is 0. The number of aromatic carboxylic acids is 1. The third-order valence-corrected chi connectivity index (χ3v) is 3.96. The van der Waals surface area contributed by atoms with Crippen LogP contribution in [0.1, 0.15) is 63.0 Å². The molecule has 1 N–H and O–H groups in total. The zero-order valence-corrected chi connectivity index (χ0v) is 15.3. The van der Waals surface area contributed by atoms with E-state index in [1.165, 1.54) is 0 Å². The third-order valence-electron chi connectivity index (χ3n) is 3.96. The molecule has 3 nitrogen and oxygen atoms in total. The number of hydrogen-bond acceptors (Lipinski definition) is 2. The van der Waals surface area contributed by atoms with Crippen molar-refractivity contribution in [2.45, 2.75) is 52.4 Å². The van der Waals surface area contributed by atoms with Gasteiger partial charge >= 0.3 is 5.97 Å². The van der Waals surface area contributed by atoms with E-state index in [0.29, 0.717) is 11.5 Å². The molecule has 0 bridgehead atoms. The molecule has 0 unspecified atom stereocenters. The van der Waals surface area contributed by atoms with Crippen LogP contribution in [0.3, 0.4) is 0 Å². The highest BCUT2D eigenvalue weighted by molar-refractivity contribution is 5.92. The predicted octanol–water partition coefficient (Wildman–Crippen LogP) is 5.77. The molecule has 0 aromatic heterocycles. The summed E-state index contributed by atoms with van der Waals surface area (Å²) in [5.74, 6) is 0.0840. The van der Waals surface area contributed by atoms with Gasteiger partial charge in [0.05, 0.1) is 0 Å². The van der Waals surface area contributed by atoms with Gasteiger partial charge in [0.15, 0.2) is 0 Å². The quantitative estimate of drug-likeness (QED) is 0.778. The average Bonchev–Trinajstić information content (AvgIpc) is 2.45. The third kappa shape index (κ3) is 3.97. The lowest BCUT2D eigenvalue weighted by molar-refractivity contribution is 0.0693. The van der Waals surface area contributed by atoms with Gasteiger partial charge in [-0.05, 0) is 34.6 Å². The molecule has 0 aliphatic rings. The minimum absolute atomic E-state index is 0.143. The lowest BCUT2D eigenvalue weighted by Crippen LogP contribution is -2.19. The van der Waals surface area contributed by atoms with Gasteiger partial charge in [-0.15, -0.1) is 0 Å².